The zero-order chi connectivity index (χ0) is 13.2. The second kappa shape index (κ2) is 5.64. The van der Waals surface area contributed by atoms with Gasteiger partial charge >= 0.3 is 0 Å². The minimum Gasteiger partial charge on any atom is -0.312 e. The second-order valence-corrected chi connectivity index (χ2v) is 6.53. The van der Waals surface area contributed by atoms with Gasteiger partial charge in [0.05, 0.1) is 0 Å². The number of nitrogens with zero attached hydrogens (tertiary/aromatic N) is 1. The van der Waals surface area contributed by atoms with E-state index in [-0.39, 0.29) is 0 Å². The van der Waals surface area contributed by atoms with Gasteiger partial charge in [-0.25, -0.2) is 0 Å². The van der Waals surface area contributed by atoms with Crippen LogP contribution in [0.25, 0.3) is 0 Å². The molecule has 3 rings (SSSR count). The first-order valence-electron chi connectivity index (χ1n) is 7.75. The molecule has 3 unspecified atom stereocenters. The van der Waals surface area contributed by atoms with Crippen molar-refractivity contribution in [3.8, 4) is 0 Å². The van der Waals surface area contributed by atoms with Gasteiger partial charge in [-0.1, -0.05) is 38.1 Å². The Hall–Kier alpha value is -0.860. The largest absolute Gasteiger partial charge is 0.312 e. The Balaban J connectivity index is 1.68. The van der Waals surface area contributed by atoms with Crippen LogP contribution in [0.2, 0.25) is 0 Å². The van der Waals surface area contributed by atoms with Crippen LogP contribution >= 0.6 is 0 Å². The molecule has 104 valence electrons. The van der Waals surface area contributed by atoms with Crippen LogP contribution in [0.1, 0.15) is 37.3 Å². The molecule has 19 heavy (non-hydrogen) atoms. The van der Waals surface area contributed by atoms with E-state index in [9.17, 15) is 0 Å². The molecule has 0 aromatic heterocycles. The highest BCUT2D eigenvalue weighted by Gasteiger charge is 2.26. The number of benzene rings is 1. The van der Waals surface area contributed by atoms with Gasteiger partial charge in [-0.2, -0.15) is 0 Å². The molecule has 0 aliphatic carbocycles. The van der Waals surface area contributed by atoms with Gasteiger partial charge in [0.1, 0.15) is 0 Å². The first-order chi connectivity index (χ1) is 9.24. The van der Waals surface area contributed by atoms with Gasteiger partial charge in [-0.3, -0.25) is 0 Å². The lowest BCUT2D eigenvalue weighted by Gasteiger charge is -2.38. The van der Waals surface area contributed by atoms with E-state index >= 15 is 0 Å². The topological polar surface area (TPSA) is 15.3 Å². The second-order valence-electron chi connectivity index (χ2n) is 6.53. The van der Waals surface area contributed by atoms with Gasteiger partial charge in [-0.05, 0) is 35.9 Å². The summed E-state index contributed by atoms with van der Waals surface area (Å²) >= 11 is 0. The van der Waals surface area contributed by atoms with Gasteiger partial charge in [0.2, 0.25) is 0 Å². The van der Waals surface area contributed by atoms with Crippen molar-refractivity contribution in [2.24, 2.45) is 11.8 Å². The zero-order valence-electron chi connectivity index (χ0n) is 12.2. The van der Waals surface area contributed by atoms with Crippen molar-refractivity contribution < 1.29 is 0 Å². The zero-order valence-corrected chi connectivity index (χ0v) is 12.2. The third-order valence-corrected chi connectivity index (χ3v) is 5.10. The molecule has 0 spiro atoms. The third-order valence-electron chi connectivity index (χ3n) is 5.10. The maximum atomic E-state index is 3.57. The Labute approximate surface area is 117 Å². The van der Waals surface area contributed by atoms with E-state index < -0.39 is 0 Å². The average Bonchev–Trinajstić information content (AvgIpc) is 2.43. The van der Waals surface area contributed by atoms with Crippen molar-refractivity contribution in [3.05, 3.63) is 35.4 Å². The summed E-state index contributed by atoms with van der Waals surface area (Å²) in [6, 6.07) is 8.96. The fourth-order valence-electron chi connectivity index (χ4n) is 3.57. The first-order valence-corrected chi connectivity index (χ1v) is 7.75. The lowest BCUT2D eigenvalue weighted by molar-refractivity contribution is 0.130. The van der Waals surface area contributed by atoms with Crippen LogP contribution in [0.5, 0.6) is 0 Å². The van der Waals surface area contributed by atoms with Gasteiger partial charge in [-0.15, -0.1) is 0 Å². The maximum Gasteiger partial charge on any atom is 0.0208 e. The summed E-state index contributed by atoms with van der Waals surface area (Å²) in [5.41, 5.74) is 3.07. The number of hydrogen-bond donors (Lipinski definition) is 1. The first kappa shape index (κ1) is 13.1. The van der Waals surface area contributed by atoms with Crippen LogP contribution < -0.4 is 5.32 Å². The lowest BCUT2D eigenvalue weighted by Crippen LogP contribution is -2.43. The van der Waals surface area contributed by atoms with Crippen molar-refractivity contribution in [3.63, 3.8) is 0 Å². The molecule has 0 amide bonds. The van der Waals surface area contributed by atoms with Crippen LogP contribution in [-0.2, 0) is 6.54 Å². The van der Waals surface area contributed by atoms with Crippen LogP contribution in [0.3, 0.4) is 0 Å². The van der Waals surface area contributed by atoms with E-state index in [4.69, 9.17) is 0 Å². The van der Waals surface area contributed by atoms with Crippen LogP contribution in [0.15, 0.2) is 24.3 Å². The lowest BCUT2D eigenvalue weighted by atomic mass is 9.86. The molecule has 2 heteroatoms. The Bertz CT molecular complexity index is 429. The molecule has 1 saturated heterocycles. The predicted octanol–water partition coefficient (Wildman–Crippen LogP) is 2.85. The molecule has 0 saturated carbocycles. The molecule has 1 N–H and O–H groups in total. The van der Waals surface area contributed by atoms with Crippen molar-refractivity contribution in [2.45, 2.75) is 32.7 Å². The minimum absolute atomic E-state index is 0.672. The SMILES string of the molecule is CC1CCN(CC2CNCc3ccccc32)CC1C. The molecule has 1 aromatic carbocycles. The van der Waals surface area contributed by atoms with Crippen molar-refractivity contribution in [1.29, 1.82) is 0 Å². The molecule has 1 aromatic rings. The number of piperidine rings is 1. The van der Waals surface area contributed by atoms with Gasteiger partial charge in [0, 0.05) is 32.1 Å². The summed E-state index contributed by atoms with van der Waals surface area (Å²) in [4.78, 5) is 2.68. The van der Waals surface area contributed by atoms with E-state index in [2.05, 4.69) is 48.3 Å². The Morgan fingerprint density at radius 1 is 1.21 bits per heavy atom. The van der Waals surface area contributed by atoms with E-state index in [0.29, 0.717) is 5.92 Å². The summed E-state index contributed by atoms with van der Waals surface area (Å²) in [6.45, 7) is 10.8. The fraction of sp³-hybridized carbons (Fsp3) is 0.647. The van der Waals surface area contributed by atoms with Crippen molar-refractivity contribution >= 4 is 0 Å². The minimum atomic E-state index is 0.672. The highest BCUT2D eigenvalue weighted by atomic mass is 15.1. The van der Waals surface area contributed by atoms with E-state index in [0.717, 1.165) is 24.9 Å². The molecule has 2 nitrogen and oxygen atoms in total. The smallest absolute Gasteiger partial charge is 0.0208 e. The molecule has 0 radical (unpaired) electrons. The fourth-order valence-corrected chi connectivity index (χ4v) is 3.57. The van der Waals surface area contributed by atoms with Crippen molar-refractivity contribution in [2.75, 3.05) is 26.2 Å². The predicted molar refractivity (Wildman–Crippen MR) is 80.3 cm³/mol. The number of likely N-dealkylation sites (tertiary alicyclic amines) is 1. The molecule has 3 atom stereocenters. The van der Waals surface area contributed by atoms with Crippen LogP contribution in [-0.4, -0.2) is 31.1 Å². The van der Waals surface area contributed by atoms with Crippen molar-refractivity contribution in [1.82, 2.24) is 10.2 Å². The Kier molecular flexibility index (Phi) is 3.90. The van der Waals surface area contributed by atoms with E-state index in [1.807, 2.05) is 0 Å². The molecule has 0 bridgehead atoms. The average molecular weight is 258 g/mol. The highest BCUT2D eigenvalue weighted by Crippen LogP contribution is 2.28. The third kappa shape index (κ3) is 2.85. The van der Waals surface area contributed by atoms with Crippen LogP contribution in [0.4, 0.5) is 0 Å². The number of rotatable bonds is 2. The van der Waals surface area contributed by atoms with Gasteiger partial charge in [0.15, 0.2) is 0 Å². The van der Waals surface area contributed by atoms with E-state index in [1.54, 1.807) is 5.56 Å². The Morgan fingerprint density at radius 3 is 2.89 bits per heavy atom. The molecular weight excluding hydrogens is 232 g/mol. The van der Waals surface area contributed by atoms with Gasteiger partial charge < -0.3 is 10.2 Å². The normalized spacial score (nSPS) is 32.0. The summed E-state index contributed by atoms with van der Waals surface area (Å²) < 4.78 is 0. The summed E-state index contributed by atoms with van der Waals surface area (Å²) in [5, 5.41) is 3.57. The van der Waals surface area contributed by atoms with Gasteiger partial charge in [0.25, 0.3) is 0 Å². The monoisotopic (exact) mass is 258 g/mol. The van der Waals surface area contributed by atoms with Crippen LogP contribution in [0, 0.1) is 11.8 Å². The maximum absolute atomic E-state index is 3.57. The molecule has 2 heterocycles. The molecule has 2 aliphatic heterocycles. The molecule has 1 fully saturated rings. The number of fused-ring (bicyclic) bond motifs is 1. The summed E-state index contributed by atoms with van der Waals surface area (Å²) in [7, 11) is 0. The molecule has 2 aliphatic rings. The number of hydrogen-bond acceptors (Lipinski definition) is 2. The highest BCUT2D eigenvalue weighted by molar-refractivity contribution is 5.32. The standard InChI is InChI=1S/C17H26N2/c1-13-7-8-19(11-14(13)2)12-16-10-18-9-15-5-3-4-6-17(15)16/h3-6,13-14,16,18H,7-12H2,1-2H3. The number of nitrogens with one attached hydrogen (secondary N) is 1. The Morgan fingerprint density at radius 2 is 2.05 bits per heavy atom. The quantitative estimate of drug-likeness (QED) is 0.877. The van der Waals surface area contributed by atoms with E-state index in [1.165, 1.54) is 31.6 Å². The molecular formula is C17H26N2. The summed E-state index contributed by atoms with van der Waals surface area (Å²) in [5.74, 6) is 2.42. The summed E-state index contributed by atoms with van der Waals surface area (Å²) in [6.07, 6.45) is 1.36.